The lowest BCUT2D eigenvalue weighted by atomic mass is 10.1. The number of allylic oxidation sites excluding steroid dienone is 4. The van der Waals surface area contributed by atoms with Gasteiger partial charge in [-0.25, -0.2) is 23.7 Å². The number of hydrogen-bond acceptors (Lipinski definition) is 7. The molecular weight excluding hydrogens is 456 g/mol. The average Bonchev–Trinajstić information content (AvgIpc) is 2.81. The van der Waals surface area contributed by atoms with Gasteiger partial charge in [0, 0.05) is 30.6 Å². The molecule has 3 aromatic rings. The van der Waals surface area contributed by atoms with Gasteiger partial charge < -0.3 is 15.2 Å². The molecule has 0 radical (unpaired) electrons. The highest BCUT2D eigenvalue weighted by Crippen LogP contribution is 2.38. The molecule has 0 aliphatic rings. The largest absolute Gasteiger partial charge is 0.438 e. The van der Waals surface area contributed by atoms with E-state index in [2.05, 4.69) is 26.3 Å². The molecule has 0 aliphatic carbocycles. The third kappa shape index (κ3) is 6.64. The first-order valence-electron chi connectivity index (χ1n) is 10.4. The van der Waals surface area contributed by atoms with Crippen molar-refractivity contribution in [3.63, 3.8) is 0 Å². The number of nitrogens with zero attached hydrogens (tertiary/aromatic N) is 3. The standard InChI is InChI=1S/C25H25F2N5OS/c1-4-6-8-17(5-2)16-34-32-22-11-10-18(15-20(22)25(3,26)27)33-23-19(9-7-13-29-23)21-12-14-30-24(28)31-21/h4-15,32H,1,16H2,2-3H3,(H2,28,30,31)/b8-6-,17-5+. The number of nitrogen functional groups attached to an aromatic ring is 1. The van der Waals surface area contributed by atoms with Crippen molar-refractivity contribution in [1.29, 1.82) is 0 Å². The van der Waals surface area contributed by atoms with Gasteiger partial charge in [0.05, 0.1) is 16.9 Å². The second-order valence-corrected chi connectivity index (χ2v) is 7.98. The van der Waals surface area contributed by atoms with Gasteiger partial charge in [0.2, 0.25) is 11.8 Å². The van der Waals surface area contributed by atoms with Crippen molar-refractivity contribution >= 4 is 23.6 Å². The maximum absolute atomic E-state index is 14.5. The molecule has 0 bridgehead atoms. The minimum Gasteiger partial charge on any atom is -0.438 e. The molecule has 0 fully saturated rings. The van der Waals surface area contributed by atoms with Crippen LogP contribution in [0.15, 0.2) is 85.2 Å². The Morgan fingerprint density at radius 2 is 2.06 bits per heavy atom. The second kappa shape index (κ2) is 11.4. The lowest BCUT2D eigenvalue weighted by Gasteiger charge is -2.18. The van der Waals surface area contributed by atoms with E-state index in [1.807, 2.05) is 25.2 Å². The Bertz CT molecular complexity index is 1210. The molecule has 34 heavy (non-hydrogen) atoms. The molecular formula is C25H25F2N5OS. The Balaban J connectivity index is 1.84. The number of nitrogens with two attached hydrogens (primary N) is 1. The highest BCUT2D eigenvalue weighted by Gasteiger charge is 2.29. The fourth-order valence-corrected chi connectivity index (χ4v) is 3.79. The summed E-state index contributed by atoms with van der Waals surface area (Å²) in [6.07, 6.45) is 10.5. The number of nitrogens with one attached hydrogen (secondary N) is 1. The number of ether oxygens (including phenoxy) is 1. The van der Waals surface area contributed by atoms with Crippen LogP contribution in [-0.2, 0) is 5.92 Å². The molecule has 0 atom stereocenters. The van der Waals surface area contributed by atoms with Crippen LogP contribution in [0.5, 0.6) is 11.6 Å². The van der Waals surface area contributed by atoms with E-state index in [0.29, 0.717) is 22.7 Å². The predicted molar refractivity (Wildman–Crippen MR) is 135 cm³/mol. The Kier molecular flexibility index (Phi) is 8.37. The number of alkyl halides is 2. The van der Waals surface area contributed by atoms with Crippen LogP contribution in [0.2, 0.25) is 0 Å². The molecule has 9 heteroatoms. The van der Waals surface area contributed by atoms with E-state index in [-0.39, 0.29) is 23.1 Å². The van der Waals surface area contributed by atoms with E-state index in [9.17, 15) is 8.78 Å². The summed E-state index contributed by atoms with van der Waals surface area (Å²) in [4.78, 5) is 12.3. The van der Waals surface area contributed by atoms with Gasteiger partial charge in [-0.15, -0.1) is 0 Å². The second-order valence-electron chi connectivity index (χ2n) is 7.20. The number of benzene rings is 1. The molecule has 2 heterocycles. The molecule has 0 spiro atoms. The van der Waals surface area contributed by atoms with Crippen molar-refractivity contribution in [2.24, 2.45) is 0 Å². The summed E-state index contributed by atoms with van der Waals surface area (Å²) in [5, 5.41) is 0. The number of rotatable bonds is 10. The van der Waals surface area contributed by atoms with Gasteiger partial charge in [0.1, 0.15) is 5.75 Å². The first-order valence-corrected chi connectivity index (χ1v) is 11.4. The number of pyridine rings is 1. The molecule has 0 aliphatic heterocycles. The van der Waals surface area contributed by atoms with E-state index in [1.54, 1.807) is 42.6 Å². The summed E-state index contributed by atoms with van der Waals surface area (Å²) in [5.74, 6) is -1.96. The summed E-state index contributed by atoms with van der Waals surface area (Å²) in [6, 6.07) is 9.63. The lowest BCUT2D eigenvalue weighted by molar-refractivity contribution is 0.0181. The van der Waals surface area contributed by atoms with E-state index in [0.717, 1.165) is 12.5 Å². The molecule has 0 amide bonds. The molecule has 0 saturated carbocycles. The van der Waals surface area contributed by atoms with Crippen LogP contribution in [0.1, 0.15) is 19.4 Å². The summed E-state index contributed by atoms with van der Waals surface area (Å²) < 4.78 is 37.8. The fourth-order valence-electron chi connectivity index (χ4n) is 2.96. The van der Waals surface area contributed by atoms with Crippen LogP contribution in [0.3, 0.4) is 0 Å². The van der Waals surface area contributed by atoms with Crippen LogP contribution in [-0.4, -0.2) is 20.7 Å². The van der Waals surface area contributed by atoms with Crippen LogP contribution in [0, 0.1) is 0 Å². The van der Waals surface area contributed by atoms with Gasteiger partial charge in [-0.2, -0.15) is 0 Å². The van der Waals surface area contributed by atoms with Crippen molar-refractivity contribution < 1.29 is 13.5 Å². The van der Waals surface area contributed by atoms with Crippen molar-refractivity contribution in [2.75, 3.05) is 16.2 Å². The van der Waals surface area contributed by atoms with Crippen LogP contribution < -0.4 is 15.2 Å². The molecule has 6 nitrogen and oxygen atoms in total. The third-order valence-corrected chi connectivity index (χ3v) is 5.48. The quantitative estimate of drug-likeness (QED) is 0.244. The normalized spacial score (nSPS) is 12.1. The van der Waals surface area contributed by atoms with Crippen LogP contribution in [0.25, 0.3) is 11.3 Å². The third-order valence-electron chi connectivity index (χ3n) is 4.64. The summed E-state index contributed by atoms with van der Waals surface area (Å²) in [7, 11) is 0. The molecule has 0 saturated heterocycles. The highest BCUT2D eigenvalue weighted by molar-refractivity contribution is 8.00. The molecule has 1 aromatic carbocycles. The molecule has 176 valence electrons. The van der Waals surface area contributed by atoms with Gasteiger partial charge >= 0.3 is 0 Å². The predicted octanol–water partition coefficient (Wildman–Crippen LogP) is 6.77. The molecule has 3 rings (SSSR count). The highest BCUT2D eigenvalue weighted by atomic mass is 32.2. The minimum atomic E-state index is -3.09. The Morgan fingerprint density at radius 3 is 2.76 bits per heavy atom. The summed E-state index contributed by atoms with van der Waals surface area (Å²) in [5.41, 5.74) is 7.91. The van der Waals surface area contributed by atoms with Crippen molar-refractivity contribution in [2.45, 2.75) is 19.8 Å². The zero-order valence-corrected chi connectivity index (χ0v) is 19.7. The van der Waals surface area contributed by atoms with E-state index in [1.165, 1.54) is 24.2 Å². The molecule has 2 aromatic heterocycles. The Morgan fingerprint density at radius 1 is 1.24 bits per heavy atom. The number of hydrogen-bond donors (Lipinski definition) is 2. The zero-order valence-electron chi connectivity index (χ0n) is 18.8. The minimum absolute atomic E-state index is 0.106. The maximum atomic E-state index is 14.5. The number of aromatic nitrogens is 3. The smallest absolute Gasteiger partial charge is 0.272 e. The zero-order chi connectivity index (χ0) is 24.6. The van der Waals surface area contributed by atoms with E-state index < -0.39 is 5.92 Å². The maximum Gasteiger partial charge on any atom is 0.272 e. The van der Waals surface area contributed by atoms with Crippen LogP contribution in [0.4, 0.5) is 20.4 Å². The first kappa shape index (κ1) is 24.9. The SMILES string of the molecule is C=C/C=C\C(=C/C)CSNc1ccc(Oc2ncccc2-c2ccnc(N)n2)cc1C(C)(F)F. The van der Waals surface area contributed by atoms with Gasteiger partial charge in [-0.05, 0) is 60.8 Å². The van der Waals surface area contributed by atoms with Crippen molar-refractivity contribution in [1.82, 2.24) is 15.0 Å². The van der Waals surface area contributed by atoms with E-state index >= 15 is 0 Å². The topological polar surface area (TPSA) is 86.0 Å². The summed E-state index contributed by atoms with van der Waals surface area (Å²) in [6.45, 7) is 6.42. The van der Waals surface area contributed by atoms with Gasteiger partial charge in [0.25, 0.3) is 5.92 Å². The van der Waals surface area contributed by atoms with Crippen molar-refractivity contribution in [3.8, 4) is 22.9 Å². The lowest BCUT2D eigenvalue weighted by Crippen LogP contribution is -2.10. The summed E-state index contributed by atoms with van der Waals surface area (Å²) >= 11 is 1.31. The van der Waals surface area contributed by atoms with Crippen LogP contribution >= 0.6 is 11.9 Å². The van der Waals surface area contributed by atoms with Crippen molar-refractivity contribution in [3.05, 3.63) is 90.8 Å². The number of halogens is 2. The Labute approximate surface area is 201 Å². The van der Waals surface area contributed by atoms with E-state index in [4.69, 9.17) is 10.5 Å². The van der Waals surface area contributed by atoms with Gasteiger partial charge in [0.15, 0.2) is 0 Å². The van der Waals surface area contributed by atoms with Gasteiger partial charge in [-0.3, -0.25) is 0 Å². The monoisotopic (exact) mass is 481 g/mol. The van der Waals surface area contributed by atoms with Gasteiger partial charge in [-0.1, -0.05) is 30.9 Å². The molecule has 3 N–H and O–H groups in total. The fraction of sp³-hybridized carbons (Fsp3) is 0.160. The average molecular weight is 482 g/mol. The number of anilines is 2. The Hall–Kier alpha value is -3.72. The molecule has 0 unspecified atom stereocenters. The first-order chi connectivity index (χ1) is 16.3.